The van der Waals surface area contributed by atoms with Gasteiger partial charge in [-0.2, -0.15) is 0 Å². The molecule has 0 spiro atoms. The Kier molecular flexibility index (Phi) is 5.61. The lowest BCUT2D eigenvalue weighted by atomic mass is 10.1. The molecule has 1 aromatic rings. The number of halogens is 2. The largest absolute Gasteiger partial charge is 0.479 e. The number of carbonyl (C=O) groups is 3. The second kappa shape index (κ2) is 7.48. The lowest BCUT2D eigenvalue weighted by Crippen LogP contribution is -2.44. The van der Waals surface area contributed by atoms with Gasteiger partial charge in [0.05, 0.1) is 13.1 Å². The first-order valence-corrected chi connectivity index (χ1v) is 7.64. The molecular weight excluding hydrogens is 341 g/mol. The first-order chi connectivity index (χ1) is 11.3. The molecule has 0 saturated carbocycles. The zero-order valence-electron chi connectivity index (χ0n) is 12.7. The number of hydrogen-bond acceptors (Lipinski definition) is 3. The summed E-state index contributed by atoms with van der Waals surface area (Å²) < 4.78 is 13.9. The van der Waals surface area contributed by atoms with Crippen LogP contribution >= 0.6 is 11.6 Å². The number of nitrogens with one attached hydrogen (secondary N) is 2. The quantitative estimate of drug-likeness (QED) is 0.736. The number of carboxylic acids is 1. The number of urea groups is 1. The number of alkyl halides is 1. The van der Waals surface area contributed by atoms with Crippen molar-refractivity contribution < 1.29 is 23.9 Å². The minimum atomic E-state index is -2.41. The number of hydrogen-bond donors (Lipinski definition) is 3. The van der Waals surface area contributed by atoms with E-state index >= 15 is 0 Å². The Morgan fingerprint density at radius 3 is 2.50 bits per heavy atom. The van der Waals surface area contributed by atoms with Gasteiger partial charge >= 0.3 is 12.0 Å². The van der Waals surface area contributed by atoms with E-state index in [2.05, 4.69) is 10.6 Å². The number of carbonyl (C=O) groups excluding carboxylic acids is 2. The number of benzene rings is 1. The summed E-state index contributed by atoms with van der Waals surface area (Å²) in [6.45, 7) is -0.569. The smallest absolute Gasteiger partial charge is 0.343 e. The van der Waals surface area contributed by atoms with Crippen LogP contribution in [0.2, 0.25) is 5.02 Å². The van der Waals surface area contributed by atoms with Crippen LogP contribution in [0.3, 0.4) is 0 Å². The Morgan fingerprint density at radius 2 is 1.92 bits per heavy atom. The summed E-state index contributed by atoms with van der Waals surface area (Å²) >= 11 is 5.76. The van der Waals surface area contributed by atoms with Gasteiger partial charge in [0.15, 0.2) is 0 Å². The zero-order valence-corrected chi connectivity index (χ0v) is 13.5. The van der Waals surface area contributed by atoms with E-state index < -0.39 is 30.1 Å². The highest BCUT2D eigenvalue weighted by Crippen LogP contribution is 2.25. The van der Waals surface area contributed by atoms with Crippen LogP contribution in [-0.2, 0) is 16.1 Å². The van der Waals surface area contributed by atoms with Crippen LogP contribution in [0.4, 0.5) is 9.18 Å². The highest BCUT2D eigenvalue weighted by atomic mass is 35.5. The fraction of sp³-hybridized carbons (Fsp3) is 0.400. The third-order valence-corrected chi connectivity index (χ3v) is 3.97. The van der Waals surface area contributed by atoms with Crippen LogP contribution in [0.1, 0.15) is 12.0 Å². The van der Waals surface area contributed by atoms with E-state index in [-0.39, 0.29) is 26.1 Å². The maximum Gasteiger partial charge on any atom is 0.343 e. The molecule has 0 aliphatic carbocycles. The van der Waals surface area contributed by atoms with Crippen LogP contribution in [0.15, 0.2) is 24.3 Å². The monoisotopic (exact) mass is 357 g/mol. The summed E-state index contributed by atoms with van der Waals surface area (Å²) in [5, 5.41) is 14.3. The van der Waals surface area contributed by atoms with Gasteiger partial charge in [0, 0.05) is 24.5 Å². The Labute approximate surface area is 142 Å². The summed E-state index contributed by atoms with van der Waals surface area (Å²) in [6.07, 6.45) is -0.253. The molecule has 9 heteroatoms. The molecule has 1 heterocycles. The summed E-state index contributed by atoms with van der Waals surface area (Å²) in [7, 11) is 0. The first kappa shape index (κ1) is 18.0. The summed E-state index contributed by atoms with van der Waals surface area (Å²) in [6, 6.07) is 6.34. The number of amides is 3. The van der Waals surface area contributed by atoms with Crippen LogP contribution < -0.4 is 10.6 Å². The SMILES string of the molecule is O=C(NCC(=O)N1CCC(F)(C(=O)O)C1)NCc1ccc(Cl)cc1. The maximum atomic E-state index is 13.9. The maximum absolute atomic E-state index is 13.9. The first-order valence-electron chi connectivity index (χ1n) is 7.26. The molecule has 0 radical (unpaired) electrons. The second-order valence-corrected chi connectivity index (χ2v) is 5.93. The predicted octanol–water partition coefficient (Wildman–Crippen LogP) is 1.16. The average molecular weight is 358 g/mol. The average Bonchev–Trinajstić information content (AvgIpc) is 2.96. The van der Waals surface area contributed by atoms with Gasteiger partial charge in [0.2, 0.25) is 11.6 Å². The number of likely N-dealkylation sites (tertiary alicyclic amines) is 1. The fourth-order valence-corrected chi connectivity index (χ4v) is 2.40. The van der Waals surface area contributed by atoms with Gasteiger partial charge < -0.3 is 20.6 Å². The normalized spacial score (nSPS) is 19.8. The van der Waals surface area contributed by atoms with Crippen molar-refractivity contribution in [2.75, 3.05) is 19.6 Å². The Morgan fingerprint density at radius 1 is 1.25 bits per heavy atom. The van der Waals surface area contributed by atoms with Crippen LogP contribution in [0.25, 0.3) is 0 Å². The number of aliphatic carboxylic acids is 1. The highest BCUT2D eigenvalue weighted by molar-refractivity contribution is 6.30. The van der Waals surface area contributed by atoms with Gasteiger partial charge in [-0.3, -0.25) is 4.79 Å². The van der Waals surface area contributed by atoms with Crippen molar-refractivity contribution in [1.29, 1.82) is 0 Å². The van der Waals surface area contributed by atoms with Crippen molar-refractivity contribution in [1.82, 2.24) is 15.5 Å². The van der Waals surface area contributed by atoms with E-state index in [4.69, 9.17) is 16.7 Å². The minimum absolute atomic E-state index is 0.00963. The van der Waals surface area contributed by atoms with E-state index in [1.165, 1.54) is 0 Å². The van der Waals surface area contributed by atoms with E-state index in [0.29, 0.717) is 5.02 Å². The topological polar surface area (TPSA) is 98.7 Å². The number of carboxylic acid groups (broad SMARTS) is 1. The molecule has 24 heavy (non-hydrogen) atoms. The van der Waals surface area contributed by atoms with Crippen molar-refractivity contribution in [2.45, 2.75) is 18.6 Å². The van der Waals surface area contributed by atoms with E-state index in [9.17, 15) is 18.8 Å². The van der Waals surface area contributed by atoms with Gasteiger partial charge in [0.25, 0.3) is 0 Å². The number of nitrogens with zero attached hydrogens (tertiary/aromatic N) is 1. The lowest BCUT2D eigenvalue weighted by Gasteiger charge is -2.18. The summed E-state index contributed by atoms with van der Waals surface area (Å²) in [4.78, 5) is 35.4. The molecule has 130 valence electrons. The third kappa shape index (κ3) is 4.58. The van der Waals surface area contributed by atoms with Gasteiger partial charge in [-0.1, -0.05) is 23.7 Å². The van der Waals surface area contributed by atoms with Gasteiger partial charge in [-0.25, -0.2) is 14.0 Å². The van der Waals surface area contributed by atoms with Crippen molar-refractivity contribution in [2.24, 2.45) is 0 Å². The lowest BCUT2D eigenvalue weighted by molar-refractivity contribution is -0.150. The van der Waals surface area contributed by atoms with Crippen LogP contribution in [-0.4, -0.2) is 53.2 Å². The molecule has 1 fully saturated rings. The Balaban J connectivity index is 1.73. The van der Waals surface area contributed by atoms with E-state index in [1.807, 2.05) is 0 Å². The molecule has 1 aliphatic rings. The molecule has 7 nitrogen and oxygen atoms in total. The minimum Gasteiger partial charge on any atom is -0.479 e. The standard InChI is InChI=1S/C15H17ClFN3O4/c16-11-3-1-10(2-4-11)7-18-14(24)19-8-12(21)20-6-5-15(17,9-20)13(22)23/h1-4H,5-9H2,(H,22,23)(H2,18,19,24). The molecule has 1 saturated heterocycles. The second-order valence-electron chi connectivity index (χ2n) is 5.50. The van der Waals surface area contributed by atoms with Gasteiger partial charge in [-0.05, 0) is 17.7 Å². The molecule has 3 N–H and O–H groups in total. The molecule has 1 aliphatic heterocycles. The predicted molar refractivity (Wildman–Crippen MR) is 84.4 cm³/mol. The molecule has 0 bridgehead atoms. The van der Waals surface area contributed by atoms with Gasteiger partial charge in [-0.15, -0.1) is 0 Å². The fourth-order valence-electron chi connectivity index (χ4n) is 2.28. The Bertz CT molecular complexity index is 640. The van der Waals surface area contributed by atoms with Crippen molar-refractivity contribution in [3.8, 4) is 0 Å². The van der Waals surface area contributed by atoms with Crippen molar-refractivity contribution in [3.63, 3.8) is 0 Å². The van der Waals surface area contributed by atoms with Crippen molar-refractivity contribution >= 4 is 29.5 Å². The van der Waals surface area contributed by atoms with E-state index in [1.54, 1.807) is 24.3 Å². The number of rotatable bonds is 5. The van der Waals surface area contributed by atoms with Crippen LogP contribution in [0.5, 0.6) is 0 Å². The van der Waals surface area contributed by atoms with Gasteiger partial charge in [0.1, 0.15) is 0 Å². The summed E-state index contributed by atoms with van der Waals surface area (Å²) in [5.74, 6) is -2.11. The third-order valence-electron chi connectivity index (χ3n) is 3.72. The molecular formula is C15H17ClFN3O4. The Hall–Kier alpha value is -2.35. The summed E-state index contributed by atoms with van der Waals surface area (Å²) in [5.41, 5.74) is -1.57. The van der Waals surface area contributed by atoms with Crippen molar-refractivity contribution in [3.05, 3.63) is 34.9 Å². The molecule has 2 rings (SSSR count). The van der Waals surface area contributed by atoms with Crippen LogP contribution in [0, 0.1) is 0 Å². The molecule has 3 amide bonds. The highest BCUT2D eigenvalue weighted by Gasteiger charge is 2.46. The zero-order chi connectivity index (χ0) is 17.7. The van der Waals surface area contributed by atoms with E-state index in [0.717, 1.165) is 10.5 Å². The molecule has 1 aromatic carbocycles. The molecule has 0 aromatic heterocycles. The molecule has 1 unspecified atom stereocenters. The molecule has 1 atom stereocenters.